The third-order valence-electron chi connectivity index (χ3n) is 7.08. The molecule has 37 heavy (non-hydrogen) atoms. The first-order valence-corrected chi connectivity index (χ1v) is 12.9. The van der Waals surface area contributed by atoms with Crippen molar-refractivity contribution in [1.29, 1.82) is 0 Å². The highest BCUT2D eigenvalue weighted by molar-refractivity contribution is 6.13. The summed E-state index contributed by atoms with van der Waals surface area (Å²) in [7, 11) is 0. The zero-order valence-electron chi connectivity index (χ0n) is 21.1. The van der Waals surface area contributed by atoms with E-state index in [0.29, 0.717) is 17.8 Å². The number of anilines is 1. The smallest absolute Gasteiger partial charge is 0.256 e. The molecule has 0 saturated heterocycles. The molecule has 0 fully saturated rings. The van der Waals surface area contributed by atoms with Crippen molar-refractivity contribution in [2.24, 2.45) is 0 Å². The largest absolute Gasteiger partial charge is 0.322 e. The molecule has 0 unspecified atom stereocenters. The van der Waals surface area contributed by atoms with Crippen LogP contribution >= 0.6 is 0 Å². The Hall–Kier alpha value is -4.33. The molecule has 4 heterocycles. The number of nitrogens with one attached hydrogen (secondary N) is 1. The van der Waals surface area contributed by atoms with Crippen molar-refractivity contribution >= 4 is 22.6 Å². The first kappa shape index (κ1) is 23.1. The van der Waals surface area contributed by atoms with Gasteiger partial charge in [0.15, 0.2) is 11.5 Å². The Balaban J connectivity index is 1.38. The van der Waals surface area contributed by atoms with E-state index in [-0.39, 0.29) is 5.91 Å². The number of hydrogen-bond donors (Lipinski definition) is 1. The van der Waals surface area contributed by atoms with Gasteiger partial charge in [0.05, 0.1) is 22.8 Å². The molecule has 0 bridgehead atoms. The van der Waals surface area contributed by atoms with Crippen LogP contribution in [0.4, 0.5) is 5.69 Å². The number of aromatic nitrogens is 6. The third kappa shape index (κ3) is 4.28. The monoisotopic (exact) mass is 491 g/mol. The quantitative estimate of drug-likeness (QED) is 0.342. The van der Waals surface area contributed by atoms with Gasteiger partial charge in [-0.05, 0) is 44.4 Å². The minimum Gasteiger partial charge on any atom is -0.322 e. The van der Waals surface area contributed by atoms with Crippen LogP contribution in [-0.2, 0) is 19.5 Å². The Morgan fingerprint density at radius 3 is 2.70 bits per heavy atom. The normalized spacial score (nSPS) is 13.4. The van der Waals surface area contributed by atoms with Gasteiger partial charge < -0.3 is 9.88 Å². The number of carbonyl (C=O) groups excluding carboxylic acids is 1. The van der Waals surface area contributed by atoms with E-state index in [1.807, 2.05) is 67.1 Å². The van der Waals surface area contributed by atoms with Crippen molar-refractivity contribution in [3.8, 4) is 22.6 Å². The van der Waals surface area contributed by atoms with Gasteiger partial charge in [0.2, 0.25) is 0 Å². The van der Waals surface area contributed by atoms with Crippen LogP contribution in [-0.4, -0.2) is 35.4 Å². The number of carbonyl (C=O) groups is 1. The SMILES string of the molecule is CCn1ncc2c(C(=O)Nc3cc(-c4nnc5n4CCCCC5)ccc3C)cc(-c3ccccc3)nc21. The van der Waals surface area contributed by atoms with E-state index in [1.165, 1.54) is 6.42 Å². The molecule has 1 aliphatic rings. The van der Waals surface area contributed by atoms with Crippen LogP contribution in [0.5, 0.6) is 0 Å². The molecule has 1 aliphatic heterocycles. The Labute approximate surface area is 215 Å². The molecule has 1 N–H and O–H groups in total. The molecule has 0 aliphatic carbocycles. The van der Waals surface area contributed by atoms with Crippen molar-refractivity contribution in [2.45, 2.75) is 52.6 Å². The van der Waals surface area contributed by atoms with Gasteiger partial charge in [-0.15, -0.1) is 10.2 Å². The molecule has 6 rings (SSSR count). The van der Waals surface area contributed by atoms with Gasteiger partial charge in [-0.25, -0.2) is 9.67 Å². The van der Waals surface area contributed by atoms with Crippen LogP contribution < -0.4 is 5.32 Å². The van der Waals surface area contributed by atoms with Crippen LogP contribution in [0.15, 0.2) is 60.8 Å². The van der Waals surface area contributed by atoms with Gasteiger partial charge in [0.1, 0.15) is 5.82 Å². The van der Waals surface area contributed by atoms with E-state index in [2.05, 4.69) is 31.2 Å². The van der Waals surface area contributed by atoms with E-state index in [4.69, 9.17) is 4.98 Å². The molecule has 0 radical (unpaired) electrons. The molecule has 8 nitrogen and oxygen atoms in total. The molecule has 3 aromatic heterocycles. The number of benzene rings is 2. The number of rotatable bonds is 5. The summed E-state index contributed by atoms with van der Waals surface area (Å²) < 4.78 is 4.04. The molecule has 8 heteroatoms. The summed E-state index contributed by atoms with van der Waals surface area (Å²) in [6, 6.07) is 17.8. The van der Waals surface area contributed by atoms with Gasteiger partial charge in [-0.1, -0.05) is 48.9 Å². The minimum atomic E-state index is -0.194. The lowest BCUT2D eigenvalue weighted by Gasteiger charge is -2.13. The zero-order valence-corrected chi connectivity index (χ0v) is 21.1. The fraction of sp³-hybridized carbons (Fsp3) is 0.276. The molecule has 0 saturated carbocycles. The summed E-state index contributed by atoms with van der Waals surface area (Å²) in [5, 5.41) is 17.3. The minimum absolute atomic E-state index is 0.194. The first-order chi connectivity index (χ1) is 18.1. The molecule has 0 spiro atoms. The van der Waals surface area contributed by atoms with Gasteiger partial charge in [-0.2, -0.15) is 5.10 Å². The summed E-state index contributed by atoms with van der Waals surface area (Å²) >= 11 is 0. The van der Waals surface area contributed by atoms with Crippen molar-refractivity contribution < 1.29 is 4.79 Å². The van der Waals surface area contributed by atoms with Crippen molar-refractivity contribution in [2.75, 3.05) is 5.32 Å². The summed E-state index contributed by atoms with van der Waals surface area (Å²) in [5.41, 5.74) is 5.62. The van der Waals surface area contributed by atoms with Crippen LogP contribution in [0.3, 0.4) is 0 Å². The molecule has 0 atom stereocenters. The fourth-order valence-electron chi connectivity index (χ4n) is 5.01. The lowest BCUT2D eigenvalue weighted by atomic mass is 10.1. The van der Waals surface area contributed by atoms with Gasteiger partial charge in [0, 0.05) is 36.3 Å². The molecule has 186 valence electrons. The molecular formula is C29H29N7O. The van der Waals surface area contributed by atoms with Gasteiger partial charge in [0.25, 0.3) is 5.91 Å². The second kappa shape index (κ2) is 9.61. The topological polar surface area (TPSA) is 90.5 Å². The maximum absolute atomic E-state index is 13.7. The van der Waals surface area contributed by atoms with E-state index < -0.39 is 0 Å². The Morgan fingerprint density at radius 1 is 1.00 bits per heavy atom. The summed E-state index contributed by atoms with van der Waals surface area (Å²) in [4.78, 5) is 18.6. The van der Waals surface area contributed by atoms with E-state index in [9.17, 15) is 4.79 Å². The highest BCUT2D eigenvalue weighted by Crippen LogP contribution is 2.29. The number of aryl methyl sites for hydroxylation is 3. The number of amides is 1. The molecular weight excluding hydrogens is 462 g/mol. The summed E-state index contributed by atoms with van der Waals surface area (Å²) in [6.07, 6.45) is 6.16. The lowest BCUT2D eigenvalue weighted by Crippen LogP contribution is -2.14. The molecule has 2 aromatic carbocycles. The van der Waals surface area contributed by atoms with Crippen LogP contribution in [0, 0.1) is 6.92 Å². The van der Waals surface area contributed by atoms with Gasteiger partial charge >= 0.3 is 0 Å². The lowest BCUT2D eigenvalue weighted by molar-refractivity contribution is 0.102. The zero-order chi connectivity index (χ0) is 25.4. The molecule has 1 amide bonds. The Morgan fingerprint density at radius 2 is 1.86 bits per heavy atom. The predicted molar refractivity (Wildman–Crippen MR) is 144 cm³/mol. The van der Waals surface area contributed by atoms with E-state index in [0.717, 1.165) is 70.9 Å². The highest BCUT2D eigenvalue weighted by atomic mass is 16.1. The van der Waals surface area contributed by atoms with Crippen LogP contribution in [0.1, 0.15) is 47.9 Å². The fourth-order valence-corrected chi connectivity index (χ4v) is 5.01. The van der Waals surface area contributed by atoms with Crippen molar-refractivity contribution in [1.82, 2.24) is 29.5 Å². The third-order valence-corrected chi connectivity index (χ3v) is 7.08. The Kier molecular flexibility index (Phi) is 6.00. The van der Waals surface area contributed by atoms with Crippen molar-refractivity contribution in [3.63, 3.8) is 0 Å². The number of nitrogens with zero attached hydrogens (tertiary/aromatic N) is 6. The van der Waals surface area contributed by atoms with E-state index in [1.54, 1.807) is 6.20 Å². The second-order valence-electron chi connectivity index (χ2n) is 9.50. The van der Waals surface area contributed by atoms with Gasteiger partial charge in [-0.3, -0.25) is 4.79 Å². The average molecular weight is 492 g/mol. The predicted octanol–water partition coefficient (Wildman–Crippen LogP) is 5.66. The number of fused-ring (bicyclic) bond motifs is 2. The number of hydrogen-bond acceptors (Lipinski definition) is 5. The first-order valence-electron chi connectivity index (χ1n) is 12.9. The summed E-state index contributed by atoms with van der Waals surface area (Å²) in [5.74, 6) is 1.70. The standard InChI is InChI=1S/C29H29N7O/c1-3-36-28-23(18-30-36)22(17-25(31-28)20-10-6-4-7-11-20)29(37)32-24-16-21(14-13-19(24)2)27-34-33-26-12-8-5-9-15-35(26)27/h4,6-7,10-11,13-14,16-18H,3,5,8-9,12,15H2,1-2H3,(H,32,37). The van der Waals surface area contributed by atoms with Crippen LogP contribution in [0.25, 0.3) is 33.7 Å². The maximum atomic E-state index is 13.7. The highest BCUT2D eigenvalue weighted by Gasteiger charge is 2.20. The Bertz CT molecular complexity index is 1600. The average Bonchev–Trinajstić information content (AvgIpc) is 3.46. The van der Waals surface area contributed by atoms with Crippen LogP contribution in [0.2, 0.25) is 0 Å². The van der Waals surface area contributed by atoms with Crippen molar-refractivity contribution in [3.05, 3.63) is 77.7 Å². The number of pyridine rings is 1. The van der Waals surface area contributed by atoms with E-state index >= 15 is 0 Å². The second-order valence-corrected chi connectivity index (χ2v) is 9.50. The molecule has 5 aromatic rings. The maximum Gasteiger partial charge on any atom is 0.256 e. The summed E-state index contributed by atoms with van der Waals surface area (Å²) in [6.45, 7) is 5.60.